The number of carbonyl (C=O) groups is 3. The number of carbonyl (C=O) groups excluding carboxylic acids is 3. The Balaban J connectivity index is 1.50. The van der Waals surface area contributed by atoms with Gasteiger partial charge in [-0.25, -0.2) is 9.29 Å². The maximum Gasteiger partial charge on any atom is 0.283 e. The molecule has 2 aromatic carbocycles. The average molecular weight is 440 g/mol. The highest BCUT2D eigenvalue weighted by atomic mass is 35.5. The fourth-order valence-electron chi connectivity index (χ4n) is 3.00. The molecule has 0 saturated carbocycles. The molecular formula is C22H15ClFN3O4. The van der Waals surface area contributed by atoms with Crippen molar-refractivity contribution in [3.63, 3.8) is 0 Å². The fraction of sp³-hybridized carbons (Fsp3) is 0.0455. The van der Waals surface area contributed by atoms with Crippen LogP contribution < -0.4 is 15.5 Å². The molecule has 0 aliphatic carbocycles. The van der Waals surface area contributed by atoms with Crippen molar-refractivity contribution in [2.24, 2.45) is 0 Å². The Morgan fingerprint density at radius 1 is 1.03 bits per heavy atom. The Labute approximate surface area is 181 Å². The first kappa shape index (κ1) is 20.4. The first-order valence-electron chi connectivity index (χ1n) is 9.16. The summed E-state index contributed by atoms with van der Waals surface area (Å²) in [5.41, 5.74) is 0.780. The summed E-state index contributed by atoms with van der Waals surface area (Å²) in [4.78, 5) is 38.5. The molecule has 2 N–H and O–H groups in total. The van der Waals surface area contributed by atoms with Gasteiger partial charge in [-0.3, -0.25) is 14.4 Å². The summed E-state index contributed by atoms with van der Waals surface area (Å²) in [6, 6.07) is 14.7. The predicted molar refractivity (Wildman–Crippen MR) is 112 cm³/mol. The van der Waals surface area contributed by atoms with E-state index in [1.807, 2.05) is 0 Å². The number of hydrogen-bond acceptors (Lipinski definition) is 5. The zero-order valence-corrected chi connectivity index (χ0v) is 16.7. The molecule has 0 radical (unpaired) electrons. The molecule has 1 aliphatic heterocycles. The third-order valence-electron chi connectivity index (χ3n) is 4.51. The topological polar surface area (TPSA) is 91.7 Å². The fourth-order valence-corrected chi connectivity index (χ4v) is 3.21. The largest absolute Gasteiger partial charge is 0.467 e. The van der Waals surface area contributed by atoms with Crippen LogP contribution in [0.25, 0.3) is 0 Å². The van der Waals surface area contributed by atoms with E-state index in [1.165, 1.54) is 24.5 Å². The summed E-state index contributed by atoms with van der Waals surface area (Å²) in [5.74, 6) is -1.65. The molecule has 3 aromatic rings. The van der Waals surface area contributed by atoms with Crippen molar-refractivity contribution in [3.8, 4) is 0 Å². The lowest BCUT2D eigenvalue weighted by atomic mass is 10.2. The molecule has 0 saturated heterocycles. The molecule has 1 aromatic heterocycles. The van der Waals surface area contributed by atoms with Crippen molar-refractivity contribution >= 4 is 40.7 Å². The van der Waals surface area contributed by atoms with Gasteiger partial charge in [0.15, 0.2) is 0 Å². The predicted octanol–water partition coefficient (Wildman–Crippen LogP) is 3.78. The van der Waals surface area contributed by atoms with Gasteiger partial charge >= 0.3 is 0 Å². The molecule has 0 bridgehead atoms. The van der Waals surface area contributed by atoms with E-state index in [2.05, 4.69) is 10.6 Å². The molecular weight excluding hydrogens is 425 g/mol. The van der Waals surface area contributed by atoms with Crippen LogP contribution in [0.4, 0.5) is 15.8 Å². The SMILES string of the molecule is O=C(NCc1ccco1)c1cccc(NC2=C(Cl)C(=O)N(c3ccc(F)cc3)C2=O)c1. The number of nitrogens with one attached hydrogen (secondary N) is 2. The van der Waals surface area contributed by atoms with Gasteiger partial charge in [0, 0.05) is 11.3 Å². The molecule has 0 atom stereocenters. The van der Waals surface area contributed by atoms with E-state index in [1.54, 1.807) is 30.3 Å². The molecule has 1 aliphatic rings. The highest BCUT2D eigenvalue weighted by Gasteiger charge is 2.39. The first-order valence-corrected chi connectivity index (χ1v) is 9.53. The number of benzene rings is 2. The van der Waals surface area contributed by atoms with E-state index >= 15 is 0 Å². The molecule has 3 amide bonds. The van der Waals surface area contributed by atoms with Crippen molar-refractivity contribution < 1.29 is 23.2 Å². The Bertz CT molecular complexity index is 1190. The number of nitrogens with zero attached hydrogens (tertiary/aromatic N) is 1. The van der Waals surface area contributed by atoms with Crippen LogP contribution in [-0.4, -0.2) is 17.7 Å². The van der Waals surface area contributed by atoms with Gasteiger partial charge in [-0.2, -0.15) is 0 Å². The second-order valence-electron chi connectivity index (χ2n) is 6.58. The molecule has 2 heterocycles. The number of halogens is 2. The normalized spacial score (nSPS) is 13.7. The summed E-state index contributed by atoms with van der Waals surface area (Å²) >= 11 is 6.10. The molecule has 31 heavy (non-hydrogen) atoms. The van der Waals surface area contributed by atoms with E-state index in [0.717, 1.165) is 17.0 Å². The van der Waals surface area contributed by atoms with E-state index in [-0.39, 0.29) is 28.9 Å². The minimum absolute atomic E-state index is 0.135. The third-order valence-corrected chi connectivity index (χ3v) is 4.86. The summed E-state index contributed by atoms with van der Waals surface area (Å²) in [7, 11) is 0. The van der Waals surface area contributed by atoms with Crippen LogP contribution in [0.15, 0.2) is 82.1 Å². The smallest absolute Gasteiger partial charge is 0.283 e. The number of hydrogen-bond donors (Lipinski definition) is 2. The molecule has 156 valence electrons. The van der Waals surface area contributed by atoms with Crippen LogP contribution in [-0.2, 0) is 16.1 Å². The van der Waals surface area contributed by atoms with Gasteiger partial charge in [0.25, 0.3) is 17.7 Å². The van der Waals surface area contributed by atoms with Gasteiger partial charge < -0.3 is 15.1 Å². The number of amides is 3. The van der Waals surface area contributed by atoms with E-state index in [9.17, 15) is 18.8 Å². The lowest BCUT2D eigenvalue weighted by Gasteiger charge is -2.15. The van der Waals surface area contributed by atoms with Gasteiger partial charge in [-0.1, -0.05) is 17.7 Å². The summed E-state index contributed by atoms with van der Waals surface area (Å²) < 4.78 is 18.3. The summed E-state index contributed by atoms with van der Waals surface area (Å²) in [6.07, 6.45) is 1.51. The number of rotatable bonds is 6. The maximum absolute atomic E-state index is 13.2. The number of anilines is 2. The number of furan rings is 1. The van der Waals surface area contributed by atoms with Crippen molar-refractivity contribution in [2.45, 2.75) is 6.54 Å². The minimum Gasteiger partial charge on any atom is -0.467 e. The van der Waals surface area contributed by atoms with E-state index in [0.29, 0.717) is 17.0 Å². The van der Waals surface area contributed by atoms with Gasteiger partial charge in [0.1, 0.15) is 22.3 Å². The van der Waals surface area contributed by atoms with Crippen molar-refractivity contribution in [1.29, 1.82) is 0 Å². The van der Waals surface area contributed by atoms with E-state index < -0.39 is 17.6 Å². The van der Waals surface area contributed by atoms with Crippen LogP contribution in [0.1, 0.15) is 16.1 Å². The monoisotopic (exact) mass is 439 g/mol. The zero-order valence-electron chi connectivity index (χ0n) is 15.9. The molecule has 0 fully saturated rings. The average Bonchev–Trinajstić information content (AvgIpc) is 3.36. The Hall–Kier alpha value is -3.91. The Morgan fingerprint density at radius 3 is 2.52 bits per heavy atom. The molecule has 0 spiro atoms. The maximum atomic E-state index is 13.2. The van der Waals surface area contributed by atoms with Gasteiger partial charge in [-0.15, -0.1) is 0 Å². The Morgan fingerprint density at radius 2 is 1.81 bits per heavy atom. The van der Waals surface area contributed by atoms with E-state index in [4.69, 9.17) is 16.0 Å². The van der Waals surface area contributed by atoms with Crippen LogP contribution in [0.2, 0.25) is 0 Å². The van der Waals surface area contributed by atoms with Gasteiger partial charge in [0.05, 0.1) is 18.5 Å². The second-order valence-corrected chi connectivity index (χ2v) is 6.96. The Kier molecular flexibility index (Phi) is 5.55. The highest BCUT2D eigenvalue weighted by Crippen LogP contribution is 2.30. The van der Waals surface area contributed by atoms with Gasteiger partial charge in [-0.05, 0) is 54.6 Å². The lowest BCUT2D eigenvalue weighted by Crippen LogP contribution is -2.32. The highest BCUT2D eigenvalue weighted by molar-refractivity contribution is 6.53. The standard InChI is InChI=1S/C22H15ClFN3O4/c23-18-19(22(30)27(21(18)29)16-8-6-14(24)7-9-16)26-15-4-1-3-13(11-15)20(28)25-12-17-5-2-10-31-17/h1-11,26H,12H2,(H,25,28). The lowest BCUT2D eigenvalue weighted by molar-refractivity contribution is -0.120. The van der Waals surface area contributed by atoms with Crippen molar-refractivity contribution in [2.75, 3.05) is 10.2 Å². The summed E-state index contributed by atoms with van der Waals surface area (Å²) in [6.45, 7) is 0.222. The van der Waals surface area contributed by atoms with Crippen LogP contribution >= 0.6 is 11.6 Å². The second kappa shape index (κ2) is 8.45. The zero-order chi connectivity index (χ0) is 22.0. The van der Waals surface area contributed by atoms with Crippen LogP contribution in [0.5, 0.6) is 0 Å². The van der Waals surface area contributed by atoms with Crippen molar-refractivity contribution in [1.82, 2.24) is 5.32 Å². The summed E-state index contributed by atoms with van der Waals surface area (Å²) in [5, 5.41) is 5.23. The molecule has 9 heteroatoms. The first-order chi connectivity index (χ1) is 14.9. The number of imide groups is 1. The molecule has 4 rings (SSSR count). The van der Waals surface area contributed by atoms with Gasteiger partial charge in [0.2, 0.25) is 0 Å². The quantitative estimate of drug-likeness (QED) is 0.570. The molecule has 7 nitrogen and oxygen atoms in total. The van der Waals surface area contributed by atoms with Crippen molar-refractivity contribution in [3.05, 3.63) is 94.8 Å². The minimum atomic E-state index is -0.729. The molecule has 0 unspecified atom stereocenters. The van der Waals surface area contributed by atoms with Crippen LogP contribution in [0.3, 0.4) is 0 Å². The third kappa shape index (κ3) is 4.19. The van der Waals surface area contributed by atoms with Crippen LogP contribution in [0, 0.1) is 5.82 Å².